The molecule has 0 atom stereocenters. The van der Waals surface area contributed by atoms with Crippen molar-refractivity contribution >= 4 is 5.91 Å². The molecule has 182 valence electrons. The van der Waals surface area contributed by atoms with Crippen molar-refractivity contribution in [2.45, 2.75) is 78.1 Å². The number of carbonyl (C=O) groups is 1. The summed E-state index contributed by atoms with van der Waals surface area (Å²) in [5, 5.41) is 0. The summed E-state index contributed by atoms with van der Waals surface area (Å²) in [4.78, 5) is 23.0. The van der Waals surface area contributed by atoms with Crippen molar-refractivity contribution in [1.29, 1.82) is 0 Å². The molecule has 3 rings (SSSR count). The molecule has 33 heavy (non-hydrogen) atoms. The molecule has 0 saturated heterocycles. The van der Waals surface area contributed by atoms with Crippen molar-refractivity contribution in [3.8, 4) is 5.75 Å². The maximum atomic E-state index is 13.4. The number of hydrogen-bond acceptors (Lipinski definition) is 3. The van der Waals surface area contributed by atoms with Gasteiger partial charge in [-0.3, -0.25) is 14.2 Å². The van der Waals surface area contributed by atoms with Gasteiger partial charge >= 0.3 is 6.18 Å². The lowest BCUT2D eigenvalue weighted by atomic mass is 9.92. The number of alkyl halides is 3. The summed E-state index contributed by atoms with van der Waals surface area (Å²) >= 11 is 0. The third kappa shape index (κ3) is 6.28. The quantitative estimate of drug-likeness (QED) is 0.633. The molecule has 1 aromatic carbocycles. The summed E-state index contributed by atoms with van der Waals surface area (Å²) in [7, 11) is 1.92. The normalized spacial score (nSPS) is 15.8. The molecule has 0 aliphatic heterocycles. The van der Waals surface area contributed by atoms with Crippen molar-refractivity contribution in [3.63, 3.8) is 0 Å². The van der Waals surface area contributed by atoms with E-state index in [-0.39, 0.29) is 16.7 Å². The monoisotopic (exact) mass is 466 g/mol. The Kier molecular flexibility index (Phi) is 6.59. The number of hydrogen-bond donors (Lipinski definition) is 1. The Balaban J connectivity index is 2.10. The van der Waals surface area contributed by atoms with Gasteiger partial charge in [-0.1, -0.05) is 20.8 Å². The van der Waals surface area contributed by atoms with Crippen LogP contribution < -0.4 is 15.8 Å². The Morgan fingerprint density at radius 3 is 2.27 bits per heavy atom. The average molecular weight is 467 g/mol. The van der Waals surface area contributed by atoms with E-state index in [9.17, 15) is 18.0 Å². The van der Waals surface area contributed by atoms with E-state index in [1.807, 2.05) is 43.2 Å². The topological polar surface area (TPSA) is 60.6 Å². The Bertz CT molecular complexity index is 1090. The number of carbonyl (C=O) groups excluding carboxylic acids is 1. The number of aromatic nitrogens is 2. The molecule has 0 unspecified atom stereocenters. The van der Waals surface area contributed by atoms with E-state index in [1.165, 1.54) is 0 Å². The van der Waals surface area contributed by atoms with Crippen LogP contribution in [-0.2, 0) is 25.2 Å². The average Bonchev–Trinajstić information content (AvgIpc) is 3.43. The lowest BCUT2D eigenvalue weighted by Gasteiger charge is -2.21. The van der Waals surface area contributed by atoms with Crippen LogP contribution in [0, 0.1) is 5.92 Å². The highest BCUT2D eigenvalue weighted by Crippen LogP contribution is 2.33. The predicted molar refractivity (Wildman–Crippen MR) is 120 cm³/mol. The Hall–Kier alpha value is -2.55. The minimum Gasteiger partial charge on any atom is -0.407 e. The SMILES string of the molecule is Cn1c(C(C)(C)C)cc(=NC(=O)c2cc(C(F)(F)F)ccc2ONC(C)(C)C)n1CC1CC1. The van der Waals surface area contributed by atoms with Crippen LogP contribution in [0.5, 0.6) is 5.75 Å². The number of amides is 1. The van der Waals surface area contributed by atoms with E-state index in [0.29, 0.717) is 18.0 Å². The van der Waals surface area contributed by atoms with Gasteiger partial charge < -0.3 is 4.84 Å². The molecule has 1 fully saturated rings. The van der Waals surface area contributed by atoms with E-state index >= 15 is 0 Å². The van der Waals surface area contributed by atoms with Crippen LogP contribution in [0.25, 0.3) is 0 Å². The second-order valence-electron chi connectivity index (χ2n) is 10.8. The van der Waals surface area contributed by atoms with Crippen molar-refractivity contribution in [2.75, 3.05) is 0 Å². The van der Waals surface area contributed by atoms with E-state index < -0.39 is 23.2 Å². The third-order valence-corrected chi connectivity index (χ3v) is 5.36. The zero-order valence-corrected chi connectivity index (χ0v) is 20.3. The van der Waals surface area contributed by atoms with Gasteiger partial charge in [-0.15, -0.1) is 0 Å². The summed E-state index contributed by atoms with van der Waals surface area (Å²) in [6.45, 7) is 12.4. The summed E-state index contributed by atoms with van der Waals surface area (Å²) in [5.41, 5.74) is 2.29. The van der Waals surface area contributed by atoms with Crippen molar-refractivity contribution < 1.29 is 22.8 Å². The van der Waals surface area contributed by atoms with E-state index in [4.69, 9.17) is 4.84 Å². The van der Waals surface area contributed by atoms with Crippen molar-refractivity contribution in [3.05, 3.63) is 46.6 Å². The lowest BCUT2D eigenvalue weighted by Crippen LogP contribution is -2.38. The first-order valence-corrected chi connectivity index (χ1v) is 11.1. The van der Waals surface area contributed by atoms with Gasteiger partial charge in [-0.05, 0) is 57.7 Å². The molecule has 9 heteroatoms. The lowest BCUT2D eigenvalue weighted by molar-refractivity contribution is -0.137. The minimum atomic E-state index is -4.59. The third-order valence-electron chi connectivity index (χ3n) is 5.36. The smallest absolute Gasteiger partial charge is 0.407 e. The van der Waals surface area contributed by atoms with E-state index in [1.54, 1.807) is 0 Å². The molecular formula is C24H33F3N4O2. The van der Waals surface area contributed by atoms with Gasteiger partial charge in [0.25, 0.3) is 5.91 Å². The Morgan fingerprint density at radius 2 is 1.76 bits per heavy atom. The van der Waals surface area contributed by atoms with Crippen molar-refractivity contribution in [1.82, 2.24) is 14.8 Å². The number of benzene rings is 1. The molecule has 1 heterocycles. The van der Waals surface area contributed by atoms with Gasteiger partial charge in [0, 0.05) is 36.3 Å². The van der Waals surface area contributed by atoms with Crippen LogP contribution in [0.1, 0.15) is 76.0 Å². The first kappa shape index (κ1) is 25.1. The molecule has 1 aliphatic carbocycles. The molecule has 6 nitrogen and oxygen atoms in total. The maximum Gasteiger partial charge on any atom is 0.416 e. The summed E-state index contributed by atoms with van der Waals surface area (Å²) < 4.78 is 44.0. The van der Waals surface area contributed by atoms with Gasteiger partial charge in [0.1, 0.15) is 0 Å². The molecule has 1 N–H and O–H groups in total. The molecule has 1 aromatic heterocycles. The number of halogens is 3. The summed E-state index contributed by atoms with van der Waals surface area (Å²) in [5.74, 6) is -0.279. The van der Waals surface area contributed by atoms with Gasteiger partial charge in [-0.2, -0.15) is 23.6 Å². The standard InChI is InChI=1S/C24H33F3N4O2/c1-22(2,3)19-13-20(31(30(19)7)14-15-8-9-15)28-21(32)17-12-16(24(25,26)27)10-11-18(17)33-29-23(4,5)6/h10-13,15,29H,8-9,14H2,1-7H3. The van der Waals surface area contributed by atoms with E-state index in [2.05, 4.69) is 31.2 Å². The van der Waals surface area contributed by atoms with Gasteiger partial charge in [0.15, 0.2) is 11.2 Å². The molecule has 0 radical (unpaired) electrons. The maximum absolute atomic E-state index is 13.4. The molecule has 0 spiro atoms. The highest BCUT2D eigenvalue weighted by molar-refractivity contribution is 5.97. The highest BCUT2D eigenvalue weighted by atomic mass is 19.4. The van der Waals surface area contributed by atoms with Crippen molar-refractivity contribution in [2.24, 2.45) is 18.0 Å². The number of nitrogens with zero attached hydrogens (tertiary/aromatic N) is 3. The first-order valence-electron chi connectivity index (χ1n) is 11.1. The first-order chi connectivity index (χ1) is 15.1. The van der Waals surface area contributed by atoms with Gasteiger partial charge in [0.05, 0.1) is 11.1 Å². The molecule has 1 amide bonds. The summed E-state index contributed by atoms with van der Waals surface area (Å²) in [6, 6.07) is 4.67. The van der Waals surface area contributed by atoms with Crippen LogP contribution in [-0.4, -0.2) is 20.8 Å². The molecule has 1 saturated carbocycles. The van der Waals surface area contributed by atoms with Crippen LogP contribution in [0.3, 0.4) is 0 Å². The minimum absolute atomic E-state index is 0.00704. The highest BCUT2D eigenvalue weighted by Gasteiger charge is 2.32. The van der Waals surface area contributed by atoms with Crippen LogP contribution in [0.2, 0.25) is 0 Å². The van der Waals surface area contributed by atoms with Crippen LogP contribution in [0.4, 0.5) is 13.2 Å². The molecule has 0 bridgehead atoms. The van der Waals surface area contributed by atoms with E-state index in [0.717, 1.165) is 36.7 Å². The fourth-order valence-electron chi connectivity index (χ4n) is 3.46. The molecule has 1 aliphatic rings. The number of rotatable bonds is 5. The Morgan fingerprint density at radius 1 is 1.12 bits per heavy atom. The number of nitrogens with one attached hydrogen (secondary N) is 1. The zero-order chi connectivity index (χ0) is 24.8. The number of hydroxylamine groups is 1. The van der Waals surface area contributed by atoms with Crippen LogP contribution >= 0.6 is 0 Å². The summed E-state index contributed by atoms with van der Waals surface area (Å²) in [6.07, 6.45) is -2.37. The second kappa shape index (κ2) is 8.66. The largest absolute Gasteiger partial charge is 0.416 e. The van der Waals surface area contributed by atoms with Crippen LogP contribution in [0.15, 0.2) is 29.3 Å². The fraction of sp³-hybridized carbons (Fsp3) is 0.583. The second-order valence-corrected chi connectivity index (χ2v) is 10.8. The molecule has 2 aromatic rings. The predicted octanol–water partition coefficient (Wildman–Crippen LogP) is 4.98. The Labute approximate surface area is 192 Å². The zero-order valence-electron chi connectivity index (χ0n) is 20.3. The molecular weight excluding hydrogens is 433 g/mol. The fourth-order valence-corrected chi connectivity index (χ4v) is 3.46. The van der Waals surface area contributed by atoms with Gasteiger partial charge in [0.2, 0.25) is 0 Å². The van der Waals surface area contributed by atoms with Gasteiger partial charge in [-0.25, -0.2) is 0 Å².